The van der Waals surface area contributed by atoms with Crippen LogP contribution in [-0.2, 0) is 4.74 Å². The minimum absolute atomic E-state index is 0.155. The lowest BCUT2D eigenvalue weighted by atomic mass is 10.2. The molecule has 0 aliphatic carbocycles. The largest absolute Gasteiger partial charge is 0.443 e. The van der Waals surface area contributed by atoms with E-state index < -0.39 is 0 Å². The number of alkyl carbamates (subject to hydrolysis) is 1. The fourth-order valence-electron chi connectivity index (χ4n) is 1.11. The molecule has 1 amide bonds. The van der Waals surface area contributed by atoms with Gasteiger partial charge in [-0.15, -0.1) is 0 Å². The highest BCUT2D eigenvalue weighted by molar-refractivity contribution is 7.99. The van der Waals surface area contributed by atoms with Crippen LogP contribution in [-0.4, -0.2) is 29.7 Å². The van der Waals surface area contributed by atoms with Gasteiger partial charge in [0.05, 0.1) is 6.04 Å². The summed E-state index contributed by atoms with van der Waals surface area (Å²) in [6, 6.07) is 0.294. The summed E-state index contributed by atoms with van der Waals surface area (Å²) in [5.41, 5.74) is 0. The third-order valence-corrected chi connectivity index (χ3v) is 2.75. The molecule has 0 radical (unpaired) electrons. The number of thioether (sulfide) groups is 1. The van der Waals surface area contributed by atoms with Crippen molar-refractivity contribution in [3.05, 3.63) is 0 Å². The van der Waals surface area contributed by atoms with Crippen LogP contribution in [0.15, 0.2) is 0 Å². The molecule has 0 aromatic heterocycles. The van der Waals surface area contributed by atoms with E-state index in [-0.39, 0.29) is 12.2 Å². The van der Waals surface area contributed by atoms with Crippen LogP contribution in [0.3, 0.4) is 0 Å². The summed E-state index contributed by atoms with van der Waals surface area (Å²) in [5.74, 6) is 1.97. The average Bonchev–Trinajstić information content (AvgIpc) is 2.22. The third-order valence-electron chi connectivity index (χ3n) is 1.59. The molecular weight excluding hydrogens is 138 g/mol. The summed E-state index contributed by atoms with van der Waals surface area (Å²) in [7, 11) is 0. The molecule has 2 fully saturated rings. The van der Waals surface area contributed by atoms with E-state index in [1.807, 2.05) is 11.8 Å². The Labute approximate surface area is 57.1 Å². The van der Waals surface area contributed by atoms with Gasteiger partial charge in [0.15, 0.2) is 0 Å². The zero-order valence-electron chi connectivity index (χ0n) is 4.79. The van der Waals surface area contributed by atoms with Gasteiger partial charge in [-0.25, -0.2) is 4.79 Å². The Kier molecular flexibility index (Phi) is 1.08. The second kappa shape index (κ2) is 1.80. The van der Waals surface area contributed by atoms with E-state index in [2.05, 4.69) is 5.32 Å². The first kappa shape index (κ1) is 5.41. The highest BCUT2D eigenvalue weighted by Gasteiger charge is 2.37. The van der Waals surface area contributed by atoms with Crippen molar-refractivity contribution < 1.29 is 9.53 Å². The van der Waals surface area contributed by atoms with Crippen molar-refractivity contribution in [1.29, 1.82) is 0 Å². The molecule has 2 heterocycles. The van der Waals surface area contributed by atoms with Crippen molar-refractivity contribution in [3.8, 4) is 0 Å². The predicted octanol–water partition coefficient (Wildman–Crippen LogP) is 0.210. The molecule has 9 heavy (non-hydrogen) atoms. The van der Waals surface area contributed by atoms with Gasteiger partial charge < -0.3 is 10.1 Å². The maximum atomic E-state index is 10.5. The lowest BCUT2D eigenvalue weighted by Crippen LogP contribution is -2.29. The number of nitrogens with one attached hydrogen (secondary N) is 1. The van der Waals surface area contributed by atoms with Crippen LogP contribution < -0.4 is 5.32 Å². The van der Waals surface area contributed by atoms with Crippen LogP contribution in [0.2, 0.25) is 0 Å². The second-order valence-corrected chi connectivity index (χ2v) is 3.31. The summed E-state index contributed by atoms with van der Waals surface area (Å²) < 4.78 is 4.91. The van der Waals surface area contributed by atoms with E-state index in [9.17, 15) is 4.79 Å². The zero-order valence-corrected chi connectivity index (χ0v) is 5.61. The van der Waals surface area contributed by atoms with Gasteiger partial charge in [-0.05, 0) is 0 Å². The molecular formula is C5H7NO2S. The van der Waals surface area contributed by atoms with Gasteiger partial charge >= 0.3 is 6.09 Å². The van der Waals surface area contributed by atoms with Crippen molar-refractivity contribution in [2.24, 2.45) is 0 Å². The van der Waals surface area contributed by atoms with Crippen LogP contribution in [0.1, 0.15) is 0 Å². The molecule has 0 unspecified atom stereocenters. The lowest BCUT2D eigenvalue weighted by Gasteiger charge is -2.00. The molecule has 0 bridgehead atoms. The maximum absolute atomic E-state index is 10.5. The Morgan fingerprint density at radius 3 is 3.33 bits per heavy atom. The molecule has 50 valence electrons. The third kappa shape index (κ3) is 0.775. The van der Waals surface area contributed by atoms with Crippen molar-refractivity contribution >= 4 is 17.9 Å². The number of ether oxygens (including phenoxy) is 1. The molecule has 3 nitrogen and oxygen atoms in total. The van der Waals surface area contributed by atoms with Crippen LogP contribution in [0.5, 0.6) is 0 Å². The van der Waals surface area contributed by atoms with Crippen molar-refractivity contribution in [3.63, 3.8) is 0 Å². The zero-order chi connectivity index (χ0) is 6.27. The molecule has 2 atom stereocenters. The highest BCUT2D eigenvalue weighted by atomic mass is 32.2. The molecule has 1 N–H and O–H groups in total. The molecule has 2 rings (SSSR count). The molecule has 2 saturated heterocycles. The van der Waals surface area contributed by atoms with Crippen LogP contribution >= 0.6 is 11.8 Å². The molecule has 2 aliphatic rings. The van der Waals surface area contributed by atoms with Crippen LogP contribution in [0.25, 0.3) is 0 Å². The van der Waals surface area contributed by atoms with Crippen molar-refractivity contribution in [1.82, 2.24) is 5.32 Å². The second-order valence-electron chi connectivity index (χ2n) is 2.23. The number of hydrogen-bond acceptors (Lipinski definition) is 3. The average molecular weight is 145 g/mol. The van der Waals surface area contributed by atoms with Gasteiger partial charge in [0, 0.05) is 11.5 Å². The minimum atomic E-state index is -0.245. The molecule has 0 aromatic carbocycles. The quantitative estimate of drug-likeness (QED) is 0.529. The number of fused-ring (bicyclic) bond motifs is 1. The van der Waals surface area contributed by atoms with Crippen LogP contribution in [0, 0.1) is 0 Å². The smallest absolute Gasteiger partial charge is 0.407 e. The van der Waals surface area contributed by atoms with Gasteiger partial charge in [0.1, 0.15) is 6.10 Å². The fraction of sp³-hybridized carbons (Fsp3) is 0.800. The summed E-state index contributed by atoms with van der Waals surface area (Å²) in [5, 5.41) is 2.73. The van der Waals surface area contributed by atoms with Crippen molar-refractivity contribution in [2.75, 3.05) is 11.5 Å². The van der Waals surface area contributed by atoms with Gasteiger partial charge in [-0.1, -0.05) is 0 Å². The normalized spacial score (nSPS) is 39.8. The molecule has 2 aliphatic heterocycles. The van der Waals surface area contributed by atoms with E-state index in [4.69, 9.17) is 4.74 Å². The molecule has 0 spiro atoms. The topological polar surface area (TPSA) is 38.3 Å². The lowest BCUT2D eigenvalue weighted by molar-refractivity contribution is 0.147. The van der Waals surface area contributed by atoms with E-state index in [0.717, 1.165) is 11.5 Å². The van der Waals surface area contributed by atoms with Crippen LogP contribution in [0.4, 0.5) is 4.79 Å². The van der Waals surface area contributed by atoms with Gasteiger partial charge in [-0.2, -0.15) is 11.8 Å². The Bertz CT molecular complexity index is 136. The highest BCUT2D eigenvalue weighted by Crippen LogP contribution is 2.24. The van der Waals surface area contributed by atoms with E-state index in [1.54, 1.807) is 0 Å². The Hall–Kier alpha value is -0.380. The first-order chi connectivity index (χ1) is 4.36. The van der Waals surface area contributed by atoms with Crippen molar-refractivity contribution in [2.45, 2.75) is 12.1 Å². The number of carbonyl (C=O) groups is 1. The summed E-state index contributed by atoms with van der Waals surface area (Å²) in [4.78, 5) is 10.5. The Morgan fingerprint density at radius 2 is 2.56 bits per heavy atom. The summed E-state index contributed by atoms with van der Waals surface area (Å²) in [6.07, 6.45) is -0.0900. The van der Waals surface area contributed by atoms with E-state index in [0.29, 0.717) is 6.04 Å². The number of carbonyl (C=O) groups excluding carboxylic acids is 1. The first-order valence-corrected chi connectivity index (χ1v) is 4.06. The van der Waals surface area contributed by atoms with Gasteiger partial charge in [0.2, 0.25) is 0 Å². The summed E-state index contributed by atoms with van der Waals surface area (Å²) >= 11 is 1.83. The fourth-order valence-corrected chi connectivity index (χ4v) is 2.33. The molecule has 4 heteroatoms. The van der Waals surface area contributed by atoms with E-state index >= 15 is 0 Å². The first-order valence-electron chi connectivity index (χ1n) is 2.91. The molecule has 0 aromatic rings. The Morgan fingerprint density at radius 1 is 1.67 bits per heavy atom. The summed E-state index contributed by atoms with van der Waals surface area (Å²) in [6.45, 7) is 0. The predicted molar refractivity (Wildman–Crippen MR) is 34.5 cm³/mol. The van der Waals surface area contributed by atoms with Gasteiger partial charge in [-0.3, -0.25) is 0 Å². The minimum Gasteiger partial charge on any atom is -0.443 e. The van der Waals surface area contributed by atoms with Gasteiger partial charge in [0.25, 0.3) is 0 Å². The SMILES string of the molecule is O=C1N[C@@H]2CSC[C@@H]2O1. The monoisotopic (exact) mass is 145 g/mol. The maximum Gasteiger partial charge on any atom is 0.407 e. The standard InChI is InChI=1S/C5H7NO2S/c7-5-6-3-1-9-2-4(3)8-5/h3-4H,1-2H2,(H,6,7)/t3-,4+/m1/s1. The van der Waals surface area contributed by atoms with E-state index in [1.165, 1.54) is 0 Å². The Balaban J connectivity index is 2.09. The molecule has 0 saturated carbocycles. The number of hydrogen-bond donors (Lipinski definition) is 1. The number of amides is 1. The number of rotatable bonds is 0.